The average molecular weight is 333 g/mol. The Kier molecular flexibility index (Phi) is 4.06. The average Bonchev–Trinajstić information content (AvgIpc) is 2.61. The molecule has 5 nitrogen and oxygen atoms in total. The molecule has 3 N–H and O–H groups in total. The molecule has 1 amide bonds. The number of rotatable bonds is 2. The minimum atomic E-state index is -0.662. The van der Waals surface area contributed by atoms with Gasteiger partial charge in [-0.15, -0.1) is 0 Å². The number of amides is 1. The Labute approximate surface area is 141 Å². The normalized spacial score (nSPS) is 29.8. The van der Waals surface area contributed by atoms with Crippen molar-refractivity contribution in [3.8, 4) is 0 Å². The molecular weight excluding hydrogens is 309 g/mol. The van der Waals surface area contributed by atoms with E-state index in [4.69, 9.17) is 5.21 Å². The maximum Gasteiger partial charge on any atom is 0.274 e. The SMILES string of the molecule is O=C(NO)c1cc(F)c2c(c1)CCN([C@@H]1CC[C@@]13CCCNC3)C2. The van der Waals surface area contributed by atoms with Crippen molar-refractivity contribution in [3.05, 3.63) is 34.6 Å². The molecule has 24 heavy (non-hydrogen) atoms. The van der Waals surface area contributed by atoms with Crippen LogP contribution in [-0.4, -0.2) is 41.7 Å². The first kappa shape index (κ1) is 16.0. The number of carbonyl (C=O) groups excluding carboxylic acids is 1. The van der Waals surface area contributed by atoms with Crippen molar-refractivity contribution in [3.63, 3.8) is 0 Å². The number of hydroxylamine groups is 1. The van der Waals surface area contributed by atoms with Crippen LogP contribution in [0.2, 0.25) is 0 Å². The van der Waals surface area contributed by atoms with Gasteiger partial charge in [0.25, 0.3) is 5.91 Å². The summed E-state index contributed by atoms with van der Waals surface area (Å²) in [6, 6.07) is 3.48. The van der Waals surface area contributed by atoms with Gasteiger partial charge in [-0.1, -0.05) is 0 Å². The first-order valence-corrected chi connectivity index (χ1v) is 8.83. The summed E-state index contributed by atoms with van der Waals surface area (Å²) < 4.78 is 14.5. The van der Waals surface area contributed by atoms with Crippen molar-refractivity contribution in [2.75, 3.05) is 19.6 Å². The zero-order valence-electron chi connectivity index (χ0n) is 13.8. The molecule has 130 valence electrons. The summed E-state index contributed by atoms with van der Waals surface area (Å²) in [6.45, 7) is 3.72. The zero-order chi connectivity index (χ0) is 16.7. The Morgan fingerprint density at radius 3 is 2.96 bits per heavy atom. The van der Waals surface area contributed by atoms with Crippen molar-refractivity contribution >= 4 is 5.91 Å². The lowest BCUT2D eigenvalue weighted by atomic mass is 9.60. The fraction of sp³-hybridized carbons (Fsp3) is 0.611. The third-order valence-electron chi connectivity index (χ3n) is 6.25. The quantitative estimate of drug-likeness (QED) is 0.571. The van der Waals surface area contributed by atoms with Crippen molar-refractivity contribution in [1.82, 2.24) is 15.7 Å². The van der Waals surface area contributed by atoms with Crippen molar-refractivity contribution in [1.29, 1.82) is 0 Å². The number of benzene rings is 1. The lowest BCUT2D eigenvalue weighted by Gasteiger charge is -2.57. The third kappa shape index (κ3) is 2.53. The van der Waals surface area contributed by atoms with Crippen molar-refractivity contribution in [2.45, 2.75) is 44.7 Å². The van der Waals surface area contributed by atoms with Gasteiger partial charge in [0.2, 0.25) is 0 Å². The van der Waals surface area contributed by atoms with Gasteiger partial charge in [-0.05, 0) is 61.8 Å². The first-order chi connectivity index (χ1) is 11.6. The van der Waals surface area contributed by atoms with Gasteiger partial charge in [0.15, 0.2) is 0 Å². The van der Waals surface area contributed by atoms with Crippen LogP contribution in [0.4, 0.5) is 4.39 Å². The molecule has 0 bridgehead atoms. The molecule has 2 fully saturated rings. The van der Waals surface area contributed by atoms with Crippen LogP contribution in [-0.2, 0) is 13.0 Å². The molecule has 0 unspecified atom stereocenters. The van der Waals surface area contributed by atoms with Gasteiger partial charge in [0.05, 0.1) is 0 Å². The molecule has 1 aliphatic carbocycles. The van der Waals surface area contributed by atoms with Crippen LogP contribution in [0.1, 0.15) is 47.2 Å². The van der Waals surface area contributed by atoms with Gasteiger partial charge in [-0.3, -0.25) is 14.9 Å². The summed E-state index contributed by atoms with van der Waals surface area (Å²) in [5, 5.41) is 12.3. The molecule has 2 atom stereocenters. The second-order valence-electron chi connectivity index (χ2n) is 7.45. The minimum absolute atomic E-state index is 0.179. The smallest absolute Gasteiger partial charge is 0.274 e. The standard InChI is InChI=1S/C18H24FN3O2/c19-15-9-13(17(23)21-24)8-12-3-7-22(10-14(12)15)16-2-5-18(16)4-1-6-20-11-18/h8-9,16,20,24H,1-7,10-11H2,(H,21,23)/t16-,18-/m1/s1. The lowest BCUT2D eigenvalue weighted by molar-refractivity contribution is -0.0497. The first-order valence-electron chi connectivity index (χ1n) is 8.83. The predicted molar refractivity (Wildman–Crippen MR) is 87.3 cm³/mol. The summed E-state index contributed by atoms with van der Waals surface area (Å²) >= 11 is 0. The molecule has 3 aliphatic rings. The van der Waals surface area contributed by atoms with Crippen LogP contribution in [0.15, 0.2) is 12.1 Å². The number of hydrogen-bond acceptors (Lipinski definition) is 4. The van der Waals surface area contributed by atoms with Crippen LogP contribution in [0.3, 0.4) is 0 Å². The molecular formula is C18H24FN3O2. The van der Waals surface area contributed by atoms with Crippen LogP contribution in [0.5, 0.6) is 0 Å². The number of piperidine rings is 1. The summed E-state index contributed by atoms with van der Waals surface area (Å²) in [4.78, 5) is 14.0. The fourth-order valence-corrected chi connectivity index (χ4v) is 4.84. The highest BCUT2D eigenvalue weighted by atomic mass is 19.1. The second-order valence-corrected chi connectivity index (χ2v) is 7.45. The Hall–Kier alpha value is -1.50. The van der Waals surface area contributed by atoms with Gasteiger partial charge in [-0.2, -0.15) is 0 Å². The maximum atomic E-state index is 14.5. The summed E-state index contributed by atoms with van der Waals surface area (Å²) in [6.07, 6.45) is 5.72. The van der Waals surface area contributed by atoms with Gasteiger partial charge in [-0.25, -0.2) is 9.87 Å². The van der Waals surface area contributed by atoms with E-state index in [1.54, 1.807) is 11.5 Å². The number of fused-ring (bicyclic) bond motifs is 1. The molecule has 1 aromatic carbocycles. The number of halogens is 1. The van der Waals surface area contributed by atoms with Gasteiger partial charge < -0.3 is 5.32 Å². The van der Waals surface area contributed by atoms with E-state index in [0.29, 0.717) is 23.6 Å². The van der Waals surface area contributed by atoms with Gasteiger partial charge in [0.1, 0.15) is 5.82 Å². The van der Waals surface area contributed by atoms with Gasteiger partial charge >= 0.3 is 0 Å². The molecule has 2 aliphatic heterocycles. The second kappa shape index (κ2) is 6.10. The topological polar surface area (TPSA) is 64.6 Å². The van der Waals surface area contributed by atoms with E-state index in [1.165, 1.54) is 31.7 Å². The molecule has 6 heteroatoms. The highest BCUT2D eigenvalue weighted by Gasteiger charge is 2.50. The monoisotopic (exact) mass is 333 g/mol. The van der Waals surface area contributed by atoms with Crippen LogP contribution in [0.25, 0.3) is 0 Å². The molecule has 1 saturated heterocycles. The highest BCUT2D eigenvalue weighted by Crippen LogP contribution is 2.49. The van der Waals surface area contributed by atoms with E-state index in [-0.39, 0.29) is 11.4 Å². The molecule has 0 radical (unpaired) electrons. The summed E-state index contributed by atoms with van der Waals surface area (Å²) in [7, 11) is 0. The van der Waals surface area contributed by atoms with E-state index < -0.39 is 5.91 Å². The van der Waals surface area contributed by atoms with Crippen LogP contribution in [0, 0.1) is 11.2 Å². The summed E-state index contributed by atoms with van der Waals surface area (Å²) in [5.41, 5.74) is 3.73. The van der Waals surface area contributed by atoms with E-state index in [1.807, 2.05) is 0 Å². The zero-order valence-corrected chi connectivity index (χ0v) is 13.8. The van der Waals surface area contributed by atoms with Crippen LogP contribution < -0.4 is 10.8 Å². The molecule has 0 aromatic heterocycles. The van der Waals surface area contributed by atoms with E-state index in [2.05, 4.69) is 10.2 Å². The molecule has 1 spiro atoms. The molecule has 4 rings (SSSR count). The Morgan fingerprint density at radius 2 is 2.29 bits per heavy atom. The molecule has 1 saturated carbocycles. The Morgan fingerprint density at radius 1 is 1.42 bits per heavy atom. The number of carbonyl (C=O) groups is 1. The number of nitrogens with zero attached hydrogens (tertiary/aromatic N) is 1. The number of hydrogen-bond donors (Lipinski definition) is 3. The lowest BCUT2D eigenvalue weighted by Crippen LogP contribution is -2.61. The van der Waals surface area contributed by atoms with Gasteiger partial charge in [0, 0.05) is 36.8 Å². The fourth-order valence-electron chi connectivity index (χ4n) is 4.84. The number of nitrogens with one attached hydrogen (secondary N) is 2. The Bertz CT molecular complexity index is 658. The predicted octanol–water partition coefficient (Wildman–Crippen LogP) is 1.83. The Balaban J connectivity index is 1.55. The van der Waals surface area contributed by atoms with E-state index in [9.17, 15) is 9.18 Å². The molecule has 1 aromatic rings. The molecule has 2 heterocycles. The maximum absolute atomic E-state index is 14.5. The van der Waals surface area contributed by atoms with E-state index >= 15 is 0 Å². The summed E-state index contributed by atoms with van der Waals surface area (Å²) in [5.74, 6) is -1.00. The minimum Gasteiger partial charge on any atom is -0.316 e. The van der Waals surface area contributed by atoms with E-state index in [0.717, 1.165) is 31.6 Å². The van der Waals surface area contributed by atoms with Crippen LogP contribution >= 0.6 is 0 Å². The van der Waals surface area contributed by atoms with Crippen molar-refractivity contribution in [2.24, 2.45) is 5.41 Å². The largest absolute Gasteiger partial charge is 0.316 e. The van der Waals surface area contributed by atoms with Crippen molar-refractivity contribution < 1.29 is 14.4 Å². The third-order valence-corrected chi connectivity index (χ3v) is 6.25. The highest BCUT2D eigenvalue weighted by molar-refractivity contribution is 5.93.